The van der Waals surface area contributed by atoms with E-state index in [1.165, 1.54) is 12.1 Å². The summed E-state index contributed by atoms with van der Waals surface area (Å²) in [5.41, 5.74) is 3.41. The molecule has 4 atom stereocenters. The summed E-state index contributed by atoms with van der Waals surface area (Å²) in [5.74, 6) is 0.0352. The second-order valence-electron chi connectivity index (χ2n) is 9.39. The average molecular weight is 507 g/mol. The topological polar surface area (TPSA) is 76.4 Å². The van der Waals surface area contributed by atoms with Gasteiger partial charge in [0.25, 0.3) is 0 Å². The molecule has 3 aromatic heterocycles. The molecule has 0 amide bonds. The number of nitrogens with zero attached hydrogens (tertiary/aromatic N) is 4. The molecule has 9 heteroatoms. The van der Waals surface area contributed by atoms with Crippen LogP contribution in [0.1, 0.15) is 63.9 Å². The molecule has 2 aliphatic heterocycles. The van der Waals surface area contributed by atoms with Crippen molar-refractivity contribution in [2.75, 3.05) is 17.2 Å². The van der Waals surface area contributed by atoms with Gasteiger partial charge in [-0.25, -0.2) is 23.3 Å². The molecule has 0 saturated carbocycles. The highest BCUT2D eigenvalue weighted by Crippen LogP contribution is 2.41. The molecule has 4 unspecified atom stereocenters. The number of hydrogen-bond donors (Lipinski definition) is 2. The van der Waals surface area contributed by atoms with Crippen molar-refractivity contribution in [3.8, 4) is 11.3 Å². The smallest absolute Gasteiger partial charge is 0.154 e. The number of fused-ring (bicyclic) bond motifs is 2. The van der Waals surface area contributed by atoms with Crippen LogP contribution in [-0.4, -0.2) is 38.3 Å². The predicted molar refractivity (Wildman–Crippen MR) is 141 cm³/mol. The van der Waals surface area contributed by atoms with Gasteiger partial charge in [-0.1, -0.05) is 13.8 Å². The Kier molecular flexibility index (Phi) is 7.06. The van der Waals surface area contributed by atoms with Crippen LogP contribution in [0.15, 0.2) is 48.8 Å². The first kappa shape index (κ1) is 25.1. The standard InChI is InChI=1S/C26H26F2N6O.C2H6/c1-14-15(2)31-26-24(30-14)23(20-4-3-18(27)13-21(20)28)32-25(33-26)17-7-10-35-22(12-17)16-6-9-34-19(11-16)5-8-29-34;1-2/h3-6,8-9,11,13-15,17,22,30H,7,10,12H2,1-2H3,(H,31,32,33);1-2H3. The zero-order valence-corrected chi connectivity index (χ0v) is 21.5. The maximum absolute atomic E-state index is 14.9. The number of nitrogens with one attached hydrogen (secondary N) is 2. The van der Waals surface area contributed by atoms with Crippen molar-refractivity contribution in [2.24, 2.45) is 0 Å². The van der Waals surface area contributed by atoms with E-state index in [2.05, 4.69) is 28.7 Å². The van der Waals surface area contributed by atoms with Crippen molar-refractivity contribution in [3.63, 3.8) is 0 Å². The lowest BCUT2D eigenvalue weighted by Crippen LogP contribution is -2.40. The van der Waals surface area contributed by atoms with Crippen LogP contribution in [-0.2, 0) is 4.74 Å². The third-order valence-corrected chi connectivity index (χ3v) is 7.04. The molecular weight excluding hydrogens is 474 g/mol. The Labute approximate surface area is 215 Å². The van der Waals surface area contributed by atoms with Crippen molar-refractivity contribution < 1.29 is 13.5 Å². The van der Waals surface area contributed by atoms with Gasteiger partial charge >= 0.3 is 0 Å². The van der Waals surface area contributed by atoms with Crippen LogP contribution in [0.25, 0.3) is 16.8 Å². The van der Waals surface area contributed by atoms with E-state index in [0.29, 0.717) is 36.1 Å². The van der Waals surface area contributed by atoms with Gasteiger partial charge in [-0.3, -0.25) is 0 Å². The summed E-state index contributed by atoms with van der Waals surface area (Å²) >= 11 is 0. The lowest BCUT2D eigenvalue weighted by molar-refractivity contribution is 0.00400. The lowest BCUT2D eigenvalue weighted by Gasteiger charge is -2.34. The van der Waals surface area contributed by atoms with Gasteiger partial charge in [-0.2, -0.15) is 5.10 Å². The monoisotopic (exact) mass is 506 g/mol. The summed E-state index contributed by atoms with van der Waals surface area (Å²) in [7, 11) is 0. The quantitative estimate of drug-likeness (QED) is 0.337. The second-order valence-corrected chi connectivity index (χ2v) is 9.39. The molecule has 6 rings (SSSR count). The van der Waals surface area contributed by atoms with Crippen molar-refractivity contribution in [3.05, 3.63) is 71.8 Å². The van der Waals surface area contributed by atoms with Gasteiger partial charge in [0.15, 0.2) is 5.82 Å². The third kappa shape index (κ3) is 4.87. The minimum atomic E-state index is -0.649. The highest BCUT2D eigenvalue weighted by atomic mass is 19.1. The number of aromatic nitrogens is 4. The summed E-state index contributed by atoms with van der Waals surface area (Å²) in [4.78, 5) is 9.73. The number of anilines is 2. The Morgan fingerprint density at radius 3 is 2.62 bits per heavy atom. The molecule has 1 aromatic carbocycles. The van der Waals surface area contributed by atoms with E-state index in [0.717, 1.165) is 23.6 Å². The van der Waals surface area contributed by atoms with Gasteiger partial charge < -0.3 is 15.4 Å². The van der Waals surface area contributed by atoms with Crippen molar-refractivity contribution in [1.82, 2.24) is 19.6 Å². The molecule has 2 aliphatic rings. The molecule has 7 nitrogen and oxygen atoms in total. The second kappa shape index (κ2) is 10.4. The van der Waals surface area contributed by atoms with E-state index in [4.69, 9.17) is 14.7 Å². The Hall–Kier alpha value is -3.59. The summed E-state index contributed by atoms with van der Waals surface area (Å²) in [6.45, 7) is 8.68. The van der Waals surface area contributed by atoms with Crippen LogP contribution in [0.2, 0.25) is 0 Å². The fraction of sp³-hybridized carbons (Fsp3) is 0.393. The van der Waals surface area contributed by atoms with E-state index in [9.17, 15) is 8.78 Å². The van der Waals surface area contributed by atoms with Gasteiger partial charge in [-0.05, 0) is 62.6 Å². The number of pyridine rings is 1. The first-order valence-electron chi connectivity index (χ1n) is 12.9. The number of ether oxygens (including phenoxy) is 1. The van der Waals surface area contributed by atoms with Crippen LogP contribution < -0.4 is 10.6 Å². The average Bonchev–Trinajstić information content (AvgIpc) is 3.38. The van der Waals surface area contributed by atoms with Gasteiger partial charge in [0.2, 0.25) is 0 Å². The summed E-state index contributed by atoms with van der Waals surface area (Å²) in [6.07, 6.45) is 5.05. The Balaban J connectivity index is 0.00000137. The number of halogens is 2. The zero-order chi connectivity index (χ0) is 26.1. The molecule has 37 heavy (non-hydrogen) atoms. The lowest BCUT2D eigenvalue weighted by atomic mass is 9.91. The highest BCUT2D eigenvalue weighted by Gasteiger charge is 2.32. The molecule has 0 radical (unpaired) electrons. The molecule has 0 aliphatic carbocycles. The Morgan fingerprint density at radius 2 is 1.81 bits per heavy atom. The van der Waals surface area contributed by atoms with E-state index >= 15 is 0 Å². The predicted octanol–water partition coefficient (Wildman–Crippen LogP) is 6.35. The third-order valence-electron chi connectivity index (χ3n) is 7.04. The molecule has 0 bridgehead atoms. The van der Waals surface area contributed by atoms with Crippen LogP contribution in [0.3, 0.4) is 0 Å². The number of benzene rings is 1. The number of rotatable bonds is 3. The van der Waals surface area contributed by atoms with Gasteiger partial charge in [-0.15, -0.1) is 0 Å². The van der Waals surface area contributed by atoms with Crippen molar-refractivity contribution >= 4 is 17.0 Å². The molecule has 4 aromatic rings. The van der Waals surface area contributed by atoms with E-state index in [-0.39, 0.29) is 29.7 Å². The fourth-order valence-corrected chi connectivity index (χ4v) is 4.87. The van der Waals surface area contributed by atoms with Crippen LogP contribution >= 0.6 is 0 Å². The summed E-state index contributed by atoms with van der Waals surface area (Å²) < 4.78 is 36.4. The molecule has 1 saturated heterocycles. The normalized spacial score (nSPS) is 22.9. The Morgan fingerprint density at radius 1 is 1.00 bits per heavy atom. The maximum atomic E-state index is 14.9. The molecule has 0 spiro atoms. The fourth-order valence-electron chi connectivity index (χ4n) is 4.87. The maximum Gasteiger partial charge on any atom is 0.154 e. The highest BCUT2D eigenvalue weighted by molar-refractivity contribution is 5.84. The number of hydrogen-bond acceptors (Lipinski definition) is 6. The molecular formula is C28H32F2N6O. The van der Waals surface area contributed by atoms with Crippen LogP contribution in [0.4, 0.5) is 20.3 Å². The SMILES string of the molecule is CC.CC1Nc2nc(C3CCOC(c4ccn5nccc5c4)C3)nc(-c3ccc(F)cc3F)c2NC1C. The minimum absolute atomic E-state index is 0.0268. The summed E-state index contributed by atoms with van der Waals surface area (Å²) in [5, 5.41) is 11.1. The minimum Gasteiger partial charge on any atom is -0.376 e. The van der Waals surface area contributed by atoms with E-state index in [1.54, 1.807) is 6.20 Å². The molecule has 2 N–H and O–H groups in total. The van der Waals surface area contributed by atoms with Crippen molar-refractivity contribution in [2.45, 2.75) is 64.6 Å². The zero-order valence-electron chi connectivity index (χ0n) is 21.5. The molecule has 5 heterocycles. The van der Waals surface area contributed by atoms with Gasteiger partial charge in [0.1, 0.15) is 28.8 Å². The first-order chi connectivity index (χ1) is 18.0. The molecule has 1 fully saturated rings. The molecule has 194 valence electrons. The summed E-state index contributed by atoms with van der Waals surface area (Å²) in [6, 6.07) is 9.87. The largest absolute Gasteiger partial charge is 0.376 e. The van der Waals surface area contributed by atoms with Crippen LogP contribution in [0, 0.1) is 11.6 Å². The Bertz CT molecular complexity index is 1410. The first-order valence-corrected chi connectivity index (χ1v) is 12.9. The van der Waals surface area contributed by atoms with Gasteiger partial charge in [0.05, 0.1) is 11.6 Å². The van der Waals surface area contributed by atoms with E-state index < -0.39 is 11.6 Å². The van der Waals surface area contributed by atoms with Gasteiger partial charge in [0, 0.05) is 48.6 Å². The van der Waals surface area contributed by atoms with E-state index in [1.807, 2.05) is 43.6 Å². The van der Waals surface area contributed by atoms with Crippen molar-refractivity contribution in [1.29, 1.82) is 0 Å². The van der Waals surface area contributed by atoms with Crippen LogP contribution in [0.5, 0.6) is 0 Å².